The maximum Gasteiger partial charge on any atom is 0.263 e. The summed E-state index contributed by atoms with van der Waals surface area (Å²) in [5.41, 5.74) is 0.882. The largest absolute Gasteiger partial charge is 0.373 e. The van der Waals surface area contributed by atoms with E-state index in [2.05, 4.69) is 20.2 Å². The predicted octanol–water partition coefficient (Wildman–Crippen LogP) is 1.98. The van der Waals surface area contributed by atoms with Crippen LogP contribution in [-0.2, 0) is 11.3 Å². The molecule has 2 heterocycles. The van der Waals surface area contributed by atoms with Gasteiger partial charge in [0.05, 0.1) is 0 Å². The third-order valence-electron chi connectivity index (χ3n) is 4.22. The van der Waals surface area contributed by atoms with Crippen molar-refractivity contribution in [2.75, 3.05) is 31.1 Å². The normalized spacial score (nSPS) is 14.6. The second-order valence-electron chi connectivity index (χ2n) is 6.00. The van der Waals surface area contributed by atoms with Crippen molar-refractivity contribution in [3.05, 3.63) is 65.1 Å². The fraction of sp³-hybridized carbons (Fsp3) is 0.263. The van der Waals surface area contributed by atoms with Crippen molar-refractivity contribution in [3.8, 4) is 6.07 Å². The Morgan fingerprint density at radius 1 is 1.19 bits per heavy atom. The molecular formula is C19H19ClN6O. The zero-order chi connectivity index (χ0) is 19.1. The van der Waals surface area contributed by atoms with E-state index in [1.165, 1.54) is 0 Å². The van der Waals surface area contributed by atoms with Gasteiger partial charge >= 0.3 is 0 Å². The number of hydrogen-bond donors (Lipinski definition) is 1. The number of hydrogen-bond acceptors (Lipinski definition) is 6. The van der Waals surface area contributed by atoms with E-state index in [4.69, 9.17) is 11.6 Å². The molecule has 1 N–H and O–H groups in total. The summed E-state index contributed by atoms with van der Waals surface area (Å²) in [6.07, 6.45) is 5.04. The lowest BCUT2D eigenvalue weighted by atomic mass is 10.2. The number of amides is 1. The van der Waals surface area contributed by atoms with E-state index in [9.17, 15) is 10.1 Å². The summed E-state index contributed by atoms with van der Waals surface area (Å²) >= 11 is 6.09. The predicted molar refractivity (Wildman–Crippen MR) is 103 cm³/mol. The molecule has 0 aliphatic carbocycles. The van der Waals surface area contributed by atoms with Crippen LogP contribution < -0.4 is 10.2 Å². The smallest absolute Gasteiger partial charge is 0.263 e. The van der Waals surface area contributed by atoms with E-state index in [-0.39, 0.29) is 12.1 Å². The van der Waals surface area contributed by atoms with Crippen molar-refractivity contribution in [1.29, 1.82) is 5.26 Å². The third kappa shape index (κ3) is 4.96. The molecule has 0 spiro atoms. The van der Waals surface area contributed by atoms with Crippen LogP contribution in [0.3, 0.4) is 0 Å². The van der Waals surface area contributed by atoms with Gasteiger partial charge in [0.15, 0.2) is 0 Å². The Balaban J connectivity index is 1.56. The van der Waals surface area contributed by atoms with E-state index < -0.39 is 5.91 Å². The molecule has 138 valence electrons. The molecule has 1 amide bonds. The summed E-state index contributed by atoms with van der Waals surface area (Å²) in [6.45, 7) is 3.08. The Hall–Kier alpha value is -3.11. The van der Waals surface area contributed by atoms with Gasteiger partial charge in [0.25, 0.3) is 5.91 Å². The highest BCUT2D eigenvalue weighted by molar-refractivity contribution is 6.31. The third-order valence-corrected chi connectivity index (χ3v) is 4.59. The Morgan fingerprint density at radius 3 is 2.56 bits per heavy atom. The van der Waals surface area contributed by atoms with Crippen LogP contribution in [0.4, 0.5) is 5.95 Å². The van der Waals surface area contributed by atoms with Crippen LogP contribution in [0.25, 0.3) is 0 Å². The molecule has 1 aromatic heterocycles. The first kappa shape index (κ1) is 18.7. The Kier molecular flexibility index (Phi) is 6.23. The average molecular weight is 383 g/mol. The monoisotopic (exact) mass is 382 g/mol. The zero-order valence-electron chi connectivity index (χ0n) is 14.7. The number of halogens is 1. The fourth-order valence-corrected chi connectivity index (χ4v) is 2.94. The molecule has 0 atom stereocenters. The van der Waals surface area contributed by atoms with Gasteiger partial charge in [-0.05, 0) is 17.7 Å². The summed E-state index contributed by atoms with van der Waals surface area (Å²) in [5, 5.41) is 12.7. The summed E-state index contributed by atoms with van der Waals surface area (Å²) < 4.78 is 0. The van der Waals surface area contributed by atoms with Crippen molar-refractivity contribution in [3.63, 3.8) is 0 Å². The molecule has 1 aliphatic heterocycles. The topological polar surface area (TPSA) is 85.2 Å². The summed E-state index contributed by atoms with van der Waals surface area (Å²) in [4.78, 5) is 24.9. The first-order valence-corrected chi connectivity index (χ1v) is 8.94. The Labute approximate surface area is 162 Å². The van der Waals surface area contributed by atoms with Crippen LogP contribution in [-0.4, -0.2) is 47.0 Å². The second-order valence-corrected chi connectivity index (χ2v) is 6.41. The van der Waals surface area contributed by atoms with Crippen LogP contribution in [0.1, 0.15) is 5.56 Å². The fourth-order valence-electron chi connectivity index (χ4n) is 2.74. The van der Waals surface area contributed by atoms with Crippen LogP contribution in [0.2, 0.25) is 5.02 Å². The minimum Gasteiger partial charge on any atom is -0.373 e. The molecule has 0 saturated carbocycles. The molecule has 8 heteroatoms. The minimum absolute atomic E-state index is 0.0754. The molecule has 1 aliphatic rings. The van der Waals surface area contributed by atoms with Crippen molar-refractivity contribution < 1.29 is 4.79 Å². The van der Waals surface area contributed by atoms with Crippen LogP contribution in [0.15, 0.2) is 54.5 Å². The van der Waals surface area contributed by atoms with Gasteiger partial charge in [-0.25, -0.2) is 9.97 Å². The van der Waals surface area contributed by atoms with Crippen LogP contribution in [0, 0.1) is 11.3 Å². The van der Waals surface area contributed by atoms with Gasteiger partial charge in [-0.15, -0.1) is 0 Å². The van der Waals surface area contributed by atoms with E-state index in [1.807, 2.05) is 29.2 Å². The van der Waals surface area contributed by atoms with Gasteiger partial charge < -0.3 is 15.1 Å². The number of rotatable bonds is 5. The maximum atomic E-state index is 12.3. The Bertz CT molecular complexity index is 856. The zero-order valence-corrected chi connectivity index (χ0v) is 15.4. The molecule has 1 aromatic carbocycles. The number of nitrogens with zero attached hydrogens (tertiary/aromatic N) is 5. The first-order valence-electron chi connectivity index (χ1n) is 8.57. The molecule has 2 aromatic rings. The highest BCUT2D eigenvalue weighted by Gasteiger charge is 2.18. The highest BCUT2D eigenvalue weighted by atomic mass is 35.5. The lowest BCUT2D eigenvalue weighted by Gasteiger charge is -2.34. The van der Waals surface area contributed by atoms with E-state index in [0.29, 0.717) is 24.1 Å². The first-order chi connectivity index (χ1) is 13.2. The van der Waals surface area contributed by atoms with Crippen LogP contribution in [0.5, 0.6) is 0 Å². The molecule has 1 fully saturated rings. The van der Waals surface area contributed by atoms with Crippen LogP contribution >= 0.6 is 11.6 Å². The number of aromatic nitrogens is 2. The number of carbonyl (C=O) groups excluding carboxylic acids is 1. The maximum absolute atomic E-state index is 12.3. The summed E-state index contributed by atoms with van der Waals surface area (Å²) in [6, 6.07) is 11.0. The van der Waals surface area contributed by atoms with Gasteiger partial charge in [0.2, 0.25) is 5.95 Å². The van der Waals surface area contributed by atoms with E-state index in [0.717, 1.165) is 18.7 Å². The molecule has 27 heavy (non-hydrogen) atoms. The van der Waals surface area contributed by atoms with Gasteiger partial charge in [-0.3, -0.25) is 4.79 Å². The molecule has 7 nitrogen and oxygen atoms in total. The van der Waals surface area contributed by atoms with Gasteiger partial charge in [-0.2, -0.15) is 5.26 Å². The number of nitriles is 1. The van der Waals surface area contributed by atoms with E-state index in [1.54, 1.807) is 30.7 Å². The average Bonchev–Trinajstić information content (AvgIpc) is 2.72. The second kappa shape index (κ2) is 9.01. The summed E-state index contributed by atoms with van der Waals surface area (Å²) in [5.74, 6) is 0.283. The highest BCUT2D eigenvalue weighted by Crippen LogP contribution is 2.15. The van der Waals surface area contributed by atoms with Gasteiger partial charge in [0.1, 0.15) is 11.6 Å². The molecule has 0 bridgehead atoms. The van der Waals surface area contributed by atoms with Crippen molar-refractivity contribution in [2.24, 2.45) is 0 Å². The lowest BCUT2D eigenvalue weighted by Crippen LogP contribution is -2.45. The molecule has 0 unspecified atom stereocenters. The van der Waals surface area contributed by atoms with E-state index >= 15 is 0 Å². The van der Waals surface area contributed by atoms with Crippen molar-refractivity contribution in [2.45, 2.75) is 6.54 Å². The van der Waals surface area contributed by atoms with Crippen molar-refractivity contribution in [1.82, 2.24) is 20.2 Å². The van der Waals surface area contributed by atoms with Crippen molar-refractivity contribution >= 4 is 23.5 Å². The number of carbonyl (C=O) groups is 1. The quantitative estimate of drug-likeness (QED) is 0.628. The molecule has 3 rings (SSSR count). The minimum atomic E-state index is -0.411. The molecule has 0 radical (unpaired) electrons. The summed E-state index contributed by atoms with van der Waals surface area (Å²) in [7, 11) is 0. The molecule has 1 saturated heterocycles. The number of benzene rings is 1. The molecular weight excluding hydrogens is 364 g/mol. The number of anilines is 1. The van der Waals surface area contributed by atoms with Gasteiger partial charge in [0, 0.05) is 56.3 Å². The lowest BCUT2D eigenvalue weighted by molar-refractivity contribution is -0.117. The number of nitrogens with one attached hydrogen (secondary N) is 1. The Morgan fingerprint density at radius 2 is 1.89 bits per heavy atom. The number of piperazine rings is 1. The SMILES string of the molecule is N#C/C(=C/N1CCN(c2ncccn2)CC1)C(=O)NCc1ccccc1Cl. The van der Waals surface area contributed by atoms with Gasteiger partial charge in [-0.1, -0.05) is 29.8 Å². The standard InChI is InChI=1S/C19H19ClN6O/c20-17-5-2-1-4-15(17)13-24-18(27)16(12-21)14-25-8-10-26(11-9-25)19-22-6-3-7-23-19/h1-7,14H,8-11,13H2,(H,24,27)/b16-14-.